The lowest BCUT2D eigenvalue weighted by Crippen LogP contribution is -2.15. The van der Waals surface area contributed by atoms with E-state index in [1.807, 2.05) is 50.4 Å². The van der Waals surface area contributed by atoms with Crippen molar-refractivity contribution in [2.45, 2.75) is 45.2 Å². The number of rotatable bonds is 7. The molecule has 34 heavy (non-hydrogen) atoms. The van der Waals surface area contributed by atoms with E-state index in [2.05, 4.69) is 20.3 Å². The van der Waals surface area contributed by atoms with Gasteiger partial charge >= 0.3 is 6.18 Å². The Morgan fingerprint density at radius 1 is 1.15 bits per heavy atom. The molecule has 0 saturated heterocycles. The van der Waals surface area contributed by atoms with Crippen molar-refractivity contribution in [3.05, 3.63) is 60.3 Å². The second-order valence-corrected chi connectivity index (χ2v) is 8.62. The minimum absolute atomic E-state index is 0.235. The maximum absolute atomic E-state index is 12.7. The summed E-state index contributed by atoms with van der Waals surface area (Å²) in [5, 5.41) is 7.61. The number of anilines is 1. The highest BCUT2D eigenvalue weighted by Crippen LogP contribution is 2.39. The SMILES string of the molecule is C/C=C(\C)c1cc(NCCC(F)(F)F)c2ncc(-c3ccc(-c4cnc(C5CC5)[nH]4)cc3)n2n1. The lowest BCUT2D eigenvalue weighted by molar-refractivity contribution is -0.131. The zero-order chi connectivity index (χ0) is 23.9. The van der Waals surface area contributed by atoms with Crippen LogP contribution in [0.2, 0.25) is 0 Å². The molecule has 9 heteroatoms. The highest BCUT2D eigenvalue weighted by Gasteiger charge is 2.27. The van der Waals surface area contributed by atoms with Crippen molar-refractivity contribution < 1.29 is 13.2 Å². The van der Waals surface area contributed by atoms with Crippen LogP contribution >= 0.6 is 0 Å². The summed E-state index contributed by atoms with van der Waals surface area (Å²) < 4.78 is 39.7. The average Bonchev–Trinajstić information content (AvgIpc) is 3.38. The summed E-state index contributed by atoms with van der Waals surface area (Å²) in [7, 11) is 0. The molecule has 0 amide bonds. The number of aromatic amines is 1. The standard InChI is InChI=1S/C25H25F3N6/c1-3-15(2)19-12-20(29-11-10-25(26,27)28)24-31-14-22(34(24)33-19)17-6-4-16(5-7-17)21-13-30-23(32-21)18-8-9-18/h3-7,12-14,18,29H,8-11H2,1-2H3,(H,30,32)/b15-3+. The van der Waals surface area contributed by atoms with Crippen LogP contribution in [0.5, 0.6) is 0 Å². The maximum atomic E-state index is 12.7. The van der Waals surface area contributed by atoms with Crippen LogP contribution in [0.3, 0.4) is 0 Å². The number of H-pyrrole nitrogens is 1. The fourth-order valence-corrected chi connectivity index (χ4v) is 3.84. The summed E-state index contributed by atoms with van der Waals surface area (Å²) in [6.45, 7) is 3.58. The number of hydrogen-bond donors (Lipinski definition) is 2. The van der Waals surface area contributed by atoms with Gasteiger partial charge in [-0.25, -0.2) is 14.5 Å². The molecule has 0 unspecified atom stereocenters. The summed E-state index contributed by atoms with van der Waals surface area (Å²) in [5.41, 5.74) is 6.26. The molecule has 5 rings (SSSR count). The molecule has 3 heterocycles. The summed E-state index contributed by atoms with van der Waals surface area (Å²) in [5.74, 6) is 1.61. The molecule has 1 aliphatic rings. The Morgan fingerprint density at radius 2 is 1.88 bits per heavy atom. The first-order valence-corrected chi connectivity index (χ1v) is 11.3. The summed E-state index contributed by atoms with van der Waals surface area (Å²) in [4.78, 5) is 12.4. The molecule has 0 radical (unpaired) electrons. The van der Waals surface area contributed by atoms with Gasteiger partial charge in [-0.1, -0.05) is 30.3 Å². The Bertz CT molecular complexity index is 1340. The van der Waals surface area contributed by atoms with Gasteiger partial charge in [0.15, 0.2) is 5.65 Å². The van der Waals surface area contributed by atoms with E-state index in [9.17, 15) is 13.2 Å². The smallest absolute Gasteiger partial charge is 0.382 e. The van der Waals surface area contributed by atoms with Crippen LogP contribution in [0, 0.1) is 0 Å². The molecule has 0 aliphatic heterocycles. The molecule has 0 atom stereocenters. The number of halogens is 3. The van der Waals surface area contributed by atoms with Gasteiger partial charge < -0.3 is 10.3 Å². The third-order valence-electron chi connectivity index (χ3n) is 6.08. The lowest BCUT2D eigenvalue weighted by Gasteiger charge is -2.12. The highest BCUT2D eigenvalue weighted by atomic mass is 19.4. The third kappa shape index (κ3) is 4.55. The van der Waals surface area contributed by atoms with Crippen LogP contribution in [0.1, 0.15) is 50.5 Å². The molecule has 1 fully saturated rings. The minimum atomic E-state index is -4.23. The number of benzene rings is 1. The van der Waals surface area contributed by atoms with E-state index >= 15 is 0 Å². The summed E-state index contributed by atoms with van der Waals surface area (Å²) in [6, 6.07) is 9.76. The van der Waals surface area contributed by atoms with Gasteiger partial charge in [-0.05, 0) is 43.9 Å². The molecule has 1 aromatic carbocycles. The molecule has 0 bridgehead atoms. The van der Waals surface area contributed by atoms with E-state index in [0.717, 1.165) is 33.9 Å². The van der Waals surface area contributed by atoms with Crippen molar-refractivity contribution in [1.29, 1.82) is 0 Å². The first-order chi connectivity index (χ1) is 16.3. The van der Waals surface area contributed by atoms with Crippen LogP contribution in [-0.4, -0.2) is 37.3 Å². The first-order valence-electron chi connectivity index (χ1n) is 11.3. The van der Waals surface area contributed by atoms with Gasteiger partial charge in [0, 0.05) is 18.0 Å². The molecule has 2 N–H and O–H groups in total. The average molecular weight is 467 g/mol. The lowest BCUT2D eigenvalue weighted by atomic mass is 10.1. The molecule has 6 nitrogen and oxygen atoms in total. The maximum Gasteiger partial charge on any atom is 0.390 e. The molecule has 4 aromatic rings. The number of imidazole rings is 2. The number of nitrogens with zero attached hydrogens (tertiary/aromatic N) is 4. The van der Waals surface area contributed by atoms with E-state index < -0.39 is 12.6 Å². The number of nitrogens with one attached hydrogen (secondary N) is 2. The number of aromatic nitrogens is 5. The highest BCUT2D eigenvalue weighted by molar-refractivity contribution is 5.77. The van der Waals surface area contributed by atoms with Gasteiger partial charge in [-0.2, -0.15) is 18.3 Å². The van der Waals surface area contributed by atoms with E-state index in [1.165, 1.54) is 12.8 Å². The predicted octanol–water partition coefficient (Wildman–Crippen LogP) is 6.45. The second kappa shape index (κ2) is 8.62. The largest absolute Gasteiger partial charge is 0.390 e. The van der Waals surface area contributed by atoms with Gasteiger partial charge in [0.2, 0.25) is 0 Å². The van der Waals surface area contributed by atoms with E-state index in [4.69, 9.17) is 5.10 Å². The van der Waals surface area contributed by atoms with Gasteiger partial charge in [0.1, 0.15) is 5.82 Å². The Balaban J connectivity index is 1.48. The third-order valence-corrected chi connectivity index (χ3v) is 6.08. The number of hydrogen-bond acceptors (Lipinski definition) is 4. The van der Waals surface area contributed by atoms with Crippen molar-refractivity contribution in [2.75, 3.05) is 11.9 Å². The molecular formula is C25H25F3N6. The normalized spacial score (nSPS) is 14.7. The molecular weight excluding hydrogens is 441 g/mol. The van der Waals surface area contributed by atoms with Gasteiger partial charge in [0.05, 0.1) is 41.6 Å². The zero-order valence-corrected chi connectivity index (χ0v) is 18.9. The Kier molecular flexibility index (Phi) is 5.63. The number of allylic oxidation sites excluding steroid dienone is 2. The van der Waals surface area contributed by atoms with Gasteiger partial charge in [-0.15, -0.1) is 0 Å². The molecule has 3 aromatic heterocycles. The van der Waals surface area contributed by atoms with Crippen molar-refractivity contribution in [3.63, 3.8) is 0 Å². The minimum Gasteiger partial charge on any atom is -0.382 e. The fraction of sp³-hybridized carbons (Fsp3) is 0.320. The van der Waals surface area contributed by atoms with Crippen molar-refractivity contribution in [3.8, 4) is 22.5 Å². The molecule has 0 spiro atoms. The van der Waals surface area contributed by atoms with Crippen molar-refractivity contribution >= 4 is 16.9 Å². The fourth-order valence-electron chi connectivity index (χ4n) is 3.84. The summed E-state index contributed by atoms with van der Waals surface area (Å²) >= 11 is 0. The monoisotopic (exact) mass is 466 g/mol. The zero-order valence-electron chi connectivity index (χ0n) is 18.9. The predicted molar refractivity (Wildman–Crippen MR) is 126 cm³/mol. The van der Waals surface area contributed by atoms with Crippen LogP contribution in [0.15, 0.2) is 48.8 Å². The quantitative estimate of drug-likeness (QED) is 0.328. The second-order valence-electron chi connectivity index (χ2n) is 8.62. The molecule has 1 saturated carbocycles. The topological polar surface area (TPSA) is 70.9 Å². The number of fused-ring (bicyclic) bond motifs is 1. The molecule has 1 aliphatic carbocycles. The van der Waals surface area contributed by atoms with E-state index in [0.29, 0.717) is 22.9 Å². The van der Waals surface area contributed by atoms with Crippen molar-refractivity contribution in [1.82, 2.24) is 24.6 Å². The Hall–Kier alpha value is -3.62. The van der Waals surface area contributed by atoms with Crippen molar-refractivity contribution in [2.24, 2.45) is 0 Å². The van der Waals surface area contributed by atoms with E-state index in [1.54, 1.807) is 16.8 Å². The van der Waals surface area contributed by atoms with Crippen LogP contribution in [-0.2, 0) is 0 Å². The van der Waals surface area contributed by atoms with Crippen LogP contribution in [0.4, 0.5) is 18.9 Å². The Morgan fingerprint density at radius 3 is 2.56 bits per heavy atom. The summed E-state index contributed by atoms with van der Waals surface area (Å²) in [6.07, 6.45) is 2.70. The first kappa shape index (κ1) is 22.2. The van der Waals surface area contributed by atoms with Gasteiger partial charge in [-0.3, -0.25) is 0 Å². The Labute approximate surface area is 195 Å². The van der Waals surface area contributed by atoms with Gasteiger partial charge in [0.25, 0.3) is 0 Å². The molecule has 176 valence electrons. The van der Waals surface area contributed by atoms with Crippen LogP contribution in [0.25, 0.3) is 33.7 Å². The van der Waals surface area contributed by atoms with Crippen LogP contribution < -0.4 is 5.32 Å². The van der Waals surface area contributed by atoms with E-state index in [-0.39, 0.29) is 6.54 Å². The number of alkyl halides is 3.